The molecule has 3 unspecified atom stereocenters. The van der Waals surface area contributed by atoms with Gasteiger partial charge in [0.2, 0.25) is 23.5 Å². The van der Waals surface area contributed by atoms with Crippen LogP contribution in [-0.4, -0.2) is 76.7 Å². The SMILES string of the molecule is CC1(C)C2CN(C(=O)[C@@H](NC(=O)C(F)(F)F)C(C)(C)C)C(C(=O)N[C@@H](C[C@@H]3CCNC3=O)C(=O)c3nc4ccccc4s3)C21. The van der Waals surface area contributed by atoms with Crippen molar-refractivity contribution < 1.29 is 37.1 Å². The first-order valence-corrected chi connectivity index (χ1v) is 15.4. The van der Waals surface area contributed by atoms with Crippen LogP contribution in [0, 0.1) is 28.6 Å². The van der Waals surface area contributed by atoms with Crippen molar-refractivity contribution in [2.24, 2.45) is 28.6 Å². The number of fused-ring (bicyclic) bond motifs is 2. The number of ketones is 1. The van der Waals surface area contributed by atoms with Crippen molar-refractivity contribution in [2.75, 3.05) is 13.1 Å². The maximum absolute atomic E-state index is 14.1. The molecular formula is C30H36F3N5O5S. The molecule has 3 N–H and O–H groups in total. The van der Waals surface area contributed by atoms with Crippen molar-refractivity contribution in [2.45, 2.75) is 71.8 Å². The number of hydrogen-bond donors (Lipinski definition) is 3. The molecule has 1 aromatic carbocycles. The molecule has 0 bridgehead atoms. The van der Waals surface area contributed by atoms with Gasteiger partial charge < -0.3 is 20.9 Å². The Morgan fingerprint density at radius 1 is 1.14 bits per heavy atom. The third-order valence-electron chi connectivity index (χ3n) is 9.23. The molecule has 0 radical (unpaired) electrons. The Morgan fingerprint density at radius 3 is 2.41 bits per heavy atom. The van der Waals surface area contributed by atoms with Gasteiger partial charge in [0, 0.05) is 19.0 Å². The number of piperidine rings is 1. The number of hydrogen-bond acceptors (Lipinski definition) is 7. The van der Waals surface area contributed by atoms with Gasteiger partial charge >= 0.3 is 12.1 Å². The van der Waals surface area contributed by atoms with E-state index >= 15 is 0 Å². The number of rotatable bonds is 8. The van der Waals surface area contributed by atoms with Crippen LogP contribution in [0.15, 0.2) is 24.3 Å². The monoisotopic (exact) mass is 635 g/mol. The van der Waals surface area contributed by atoms with Gasteiger partial charge in [0.15, 0.2) is 5.01 Å². The Balaban J connectivity index is 1.43. The van der Waals surface area contributed by atoms with Crippen molar-refractivity contribution in [3.8, 4) is 0 Å². The molecule has 3 heterocycles. The Labute approximate surface area is 256 Å². The van der Waals surface area contributed by atoms with Gasteiger partial charge in [0.1, 0.15) is 12.1 Å². The number of alkyl halides is 3. The van der Waals surface area contributed by atoms with Crippen LogP contribution in [0.5, 0.6) is 0 Å². The zero-order valence-corrected chi connectivity index (χ0v) is 25.9. The predicted octanol–water partition coefficient (Wildman–Crippen LogP) is 3.07. The number of Topliss-reactive ketones (excluding diaryl/α,β-unsaturated/α-hetero) is 1. The number of nitrogens with zero attached hydrogens (tertiary/aromatic N) is 2. The second-order valence-corrected chi connectivity index (χ2v) is 14.6. The smallest absolute Gasteiger partial charge is 0.356 e. The van der Waals surface area contributed by atoms with Gasteiger partial charge in [-0.1, -0.05) is 46.8 Å². The summed E-state index contributed by atoms with van der Waals surface area (Å²) in [5.41, 5.74) is -0.820. The predicted molar refractivity (Wildman–Crippen MR) is 155 cm³/mol. The summed E-state index contributed by atoms with van der Waals surface area (Å²) in [6, 6.07) is 3.42. The van der Waals surface area contributed by atoms with E-state index < -0.39 is 59.1 Å². The first kappa shape index (κ1) is 31.9. The normalized spacial score (nSPS) is 25.6. The molecule has 1 aromatic heterocycles. The molecule has 5 rings (SSSR count). The summed E-state index contributed by atoms with van der Waals surface area (Å²) >= 11 is 1.17. The first-order valence-electron chi connectivity index (χ1n) is 14.6. The maximum atomic E-state index is 14.1. The van der Waals surface area contributed by atoms with E-state index in [1.807, 2.05) is 31.3 Å². The van der Waals surface area contributed by atoms with E-state index in [2.05, 4.69) is 15.6 Å². The highest BCUT2D eigenvalue weighted by Gasteiger charge is 2.70. The molecule has 3 fully saturated rings. The summed E-state index contributed by atoms with van der Waals surface area (Å²) in [5.74, 6) is -5.30. The van der Waals surface area contributed by atoms with E-state index in [9.17, 15) is 37.1 Å². The van der Waals surface area contributed by atoms with Gasteiger partial charge in [0.05, 0.1) is 16.3 Å². The number of amides is 4. The quantitative estimate of drug-likeness (QED) is 0.382. The van der Waals surface area contributed by atoms with Crippen molar-refractivity contribution in [1.82, 2.24) is 25.8 Å². The fourth-order valence-corrected chi connectivity index (χ4v) is 7.57. The van der Waals surface area contributed by atoms with Crippen LogP contribution in [0.3, 0.4) is 0 Å². The second kappa shape index (κ2) is 11.1. The van der Waals surface area contributed by atoms with Gasteiger partial charge in [-0.3, -0.25) is 24.0 Å². The molecule has 10 nitrogen and oxygen atoms in total. The van der Waals surface area contributed by atoms with Crippen LogP contribution < -0.4 is 16.0 Å². The van der Waals surface area contributed by atoms with Crippen LogP contribution in [0.25, 0.3) is 10.2 Å². The van der Waals surface area contributed by atoms with E-state index in [0.29, 0.717) is 18.5 Å². The van der Waals surface area contributed by atoms with Crippen LogP contribution in [0.4, 0.5) is 13.2 Å². The fraction of sp³-hybridized carbons (Fsp3) is 0.600. The van der Waals surface area contributed by atoms with Gasteiger partial charge in [-0.2, -0.15) is 13.2 Å². The van der Waals surface area contributed by atoms with Crippen LogP contribution in [-0.2, 0) is 19.2 Å². The highest BCUT2D eigenvalue weighted by Crippen LogP contribution is 2.65. The summed E-state index contributed by atoms with van der Waals surface area (Å²) in [6.45, 7) is 9.04. The zero-order chi connectivity index (χ0) is 32.4. The highest BCUT2D eigenvalue weighted by molar-refractivity contribution is 7.20. The van der Waals surface area contributed by atoms with Crippen molar-refractivity contribution in [3.63, 3.8) is 0 Å². The average molecular weight is 636 g/mol. The number of thiazole rings is 1. The largest absolute Gasteiger partial charge is 0.471 e. The number of halogens is 3. The van der Waals surface area contributed by atoms with Gasteiger partial charge in [-0.05, 0) is 47.6 Å². The molecule has 4 amide bonds. The van der Waals surface area contributed by atoms with Crippen molar-refractivity contribution in [1.29, 1.82) is 0 Å². The lowest BCUT2D eigenvalue weighted by Crippen LogP contribution is -2.61. The Kier molecular flexibility index (Phi) is 8.05. The first-order chi connectivity index (χ1) is 20.4. The number of carbonyl (C=O) groups is 5. The fourth-order valence-electron chi connectivity index (χ4n) is 6.61. The summed E-state index contributed by atoms with van der Waals surface area (Å²) in [6.07, 6.45) is -4.69. The second-order valence-electron chi connectivity index (χ2n) is 13.6. The van der Waals surface area contributed by atoms with Gasteiger partial charge in [-0.25, -0.2) is 4.98 Å². The lowest BCUT2D eigenvalue weighted by molar-refractivity contribution is -0.176. The zero-order valence-electron chi connectivity index (χ0n) is 25.1. The third-order valence-corrected chi connectivity index (χ3v) is 10.3. The topological polar surface area (TPSA) is 138 Å². The summed E-state index contributed by atoms with van der Waals surface area (Å²) < 4.78 is 40.3. The van der Waals surface area contributed by atoms with Gasteiger partial charge in [0.25, 0.3) is 0 Å². The Morgan fingerprint density at radius 2 is 1.82 bits per heavy atom. The summed E-state index contributed by atoms with van der Waals surface area (Å²) in [4.78, 5) is 71.7. The molecule has 238 valence electrons. The minimum atomic E-state index is -5.20. The lowest BCUT2D eigenvalue weighted by Gasteiger charge is -2.38. The van der Waals surface area contributed by atoms with E-state index in [4.69, 9.17) is 0 Å². The lowest BCUT2D eigenvalue weighted by atomic mass is 9.85. The maximum Gasteiger partial charge on any atom is 0.471 e. The van der Waals surface area contributed by atoms with E-state index in [1.165, 1.54) is 37.0 Å². The molecule has 2 aliphatic heterocycles. The molecular weight excluding hydrogens is 599 g/mol. The summed E-state index contributed by atoms with van der Waals surface area (Å²) in [5, 5.41) is 7.55. The van der Waals surface area contributed by atoms with E-state index in [-0.39, 0.29) is 41.1 Å². The van der Waals surface area contributed by atoms with E-state index in [1.54, 1.807) is 12.1 Å². The number of nitrogens with one attached hydrogen (secondary N) is 3. The minimum Gasteiger partial charge on any atom is -0.356 e. The molecule has 14 heteroatoms. The van der Waals surface area contributed by atoms with Crippen molar-refractivity contribution >= 4 is 51.0 Å². The number of carbonyl (C=O) groups excluding carboxylic acids is 5. The molecule has 0 spiro atoms. The number of para-hydroxylation sites is 1. The van der Waals surface area contributed by atoms with Crippen LogP contribution in [0.1, 0.15) is 57.3 Å². The minimum absolute atomic E-state index is 0.0245. The van der Waals surface area contributed by atoms with Crippen LogP contribution >= 0.6 is 11.3 Å². The van der Waals surface area contributed by atoms with Crippen LogP contribution in [0.2, 0.25) is 0 Å². The highest BCUT2D eigenvalue weighted by atomic mass is 32.1. The van der Waals surface area contributed by atoms with Crippen molar-refractivity contribution in [3.05, 3.63) is 29.3 Å². The summed E-state index contributed by atoms with van der Waals surface area (Å²) in [7, 11) is 0. The number of aromatic nitrogens is 1. The molecule has 3 aliphatic rings. The molecule has 44 heavy (non-hydrogen) atoms. The average Bonchev–Trinajstić information content (AvgIpc) is 3.44. The Hall–Kier alpha value is -3.55. The molecule has 1 aliphatic carbocycles. The number of likely N-dealkylation sites (tertiary alicyclic amines) is 1. The standard InChI is InChI=1S/C30H36F3N5O5S/c1-28(2,3)22(37-27(43)30(31,32)33)26(42)38-13-15-19(29(15,4)5)20(38)24(41)35-17(12-14-10-11-34-23(14)40)21(39)25-36-16-8-6-7-9-18(16)44-25/h6-9,14-15,17,19-20,22H,10-13H2,1-5H3,(H,34,40)(H,35,41)(H,37,43)/t14-,15?,17-,19?,20?,22+/m0/s1. The van der Waals surface area contributed by atoms with E-state index in [0.717, 1.165) is 4.70 Å². The molecule has 2 saturated heterocycles. The number of benzene rings is 1. The molecule has 6 atom stereocenters. The molecule has 1 saturated carbocycles. The van der Waals surface area contributed by atoms with Gasteiger partial charge in [-0.15, -0.1) is 11.3 Å². The Bertz CT molecular complexity index is 1480. The molecule has 2 aromatic rings. The third kappa shape index (κ3) is 5.92.